The summed E-state index contributed by atoms with van der Waals surface area (Å²) in [4.78, 5) is 0.598. The fourth-order valence-electron chi connectivity index (χ4n) is 3.11. The smallest absolute Gasteiger partial charge is 0.178 e. The molecule has 24 heavy (non-hydrogen) atoms. The van der Waals surface area contributed by atoms with Crippen LogP contribution < -0.4 is 0 Å². The normalized spacial score (nSPS) is 11.8. The maximum atomic E-state index is 12.6. The maximum absolute atomic E-state index is 12.6. The number of unbranched alkanes of at least 4 members (excludes halogenated alkanes) is 6. The third kappa shape index (κ3) is 7.38. The first kappa shape index (κ1) is 21.2. The van der Waals surface area contributed by atoms with Crippen LogP contribution in [-0.2, 0) is 22.7 Å². The molecule has 0 unspecified atom stereocenters. The quantitative estimate of drug-likeness (QED) is 0.401. The van der Waals surface area contributed by atoms with E-state index >= 15 is 0 Å². The van der Waals surface area contributed by atoms with Crippen LogP contribution in [0.25, 0.3) is 0 Å². The predicted molar refractivity (Wildman–Crippen MR) is 104 cm³/mol. The minimum Gasteiger partial charge on any atom is -0.224 e. The van der Waals surface area contributed by atoms with Crippen molar-refractivity contribution in [3.05, 3.63) is 29.3 Å². The van der Waals surface area contributed by atoms with E-state index in [-0.39, 0.29) is 5.75 Å². The molecule has 0 saturated heterocycles. The van der Waals surface area contributed by atoms with Gasteiger partial charge in [0.1, 0.15) is 0 Å². The number of sulfone groups is 1. The number of hydrogen-bond donors (Lipinski definition) is 0. The summed E-state index contributed by atoms with van der Waals surface area (Å²) in [6.45, 7) is 6.31. The first-order valence-electron chi connectivity index (χ1n) is 9.89. The van der Waals surface area contributed by atoms with Crippen molar-refractivity contribution >= 4 is 9.84 Å². The van der Waals surface area contributed by atoms with Crippen LogP contribution in [0.1, 0.15) is 89.7 Å². The van der Waals surface area contributed by atoms with Gasteiger partial charge in [-0.3, -0.25) is 0 Å². The Balaban J connectivity index is 2.77. The van der Waals surface area contributed by atoms with Gasteiger partial charge in [0, 0.05) is 0 Å². The van der Waals surface area contributed by atoms with Crippen molar-refractivity contribution in [3.63, 3.8) is 0 Å². The minimum absolute atomic E-state index is 0.257. The summed E-state index contributed by atoms with van der Waals surface area (Å²) in [5.74, 6) is 0.257. The average Bonchev–Trinajstić information content (AvgIpc) is 2.56. The van der Waals surface area contributed by atoms with Gasteiger partial charge >= 0.3 is 0 Å². The van der Waals surface area contributed by atoms with Gasteiger partial charge in [-0.25, -0.2) is 8.42 Å². The SMILES string of the molecule is CCCCCCCCc1ccc(CCCC)c(S(=O)(=O)CCC)c1. The number of aryl methyl sites for hydroxylation is 2. The summed E-state index contributed by atoms with van der Waals surface area (Å²) in [6, 6.07) is 6.16. The molecule has 138 valence electrons. The zero-order valence-corrected chi connectivity index (χ0v) is 16.8. The molecule has 0 aliphatic heterocycles. The molecular weight excluding hydrogens is 316 g/mol. The summed E-state index contributed by atoms with van der Waals surface area (Å²) < 4.78 is 25.2. The largest absolute Gasteiger partial charge is 0.224 e. The molecule has 1 aromatic carbocycles. The summed E-state index contributed by atoms with van der Waals surface area (Å²) >= 11 is 0. The molecule has 0 spiro atoms. The average molecular weight is 353 g/mol. The summed E-state index contributed by atoms with van der Waals surface area (Å²) in [5, 5.41) is 0. The fourth-order valence-corrected chi connectivity index (χ4v) is 4.76. The van der Waals surface area contributed by atoms with Crippen LogP contribution in [-0.4, -0.2) is 14.2 Å². The third-order valence-electron chi connectivity index (χ3n) is 4.56. The molecule has 0 aromatic heterocycles. The fraction of sp³-hybridized carbons (Fsp3) is 0.714. The molecule has 0 bridgehead atoms. The van der Waals surface area contributed by atoms with Gasteiger partial charge < -0.3 is 0 Å². The molecule has 0 N–H and O–H groups in total. The molecule has 1 rings (SSSR count). The highest BCUT2D eigenvalue weighted by atomic mass is 32.2. The van der Waals surface area contributed by atoms with E-state index in [4.69, 9.17) is 0 Å². The van der Waals surface area contributed by atoms with Crippen LogP contribution in [0.5, 0.6) is 0 Å². The number of benzene rings is 1. The lowest BCUT2D eigenvalue weighted by Crippen LogP contribution is -2.10. The van der Waals surface area contributed by atoms with Crippen molar-refractivity contribution < 1.29 is 8.42 Å². The van der Waals surface area contributed by atoms with Gasteiger partial charge in [0.15, 0.2) is 9.84 Å². The lowest BCUT2D eigenvalue weighted by atomic mass is 10.0. The molecule has 2 nitrogen and oxygen atoms in total. The van der Waals surface area contributed by atoms with Gasteiger partial charge in [-0.05, 0) is 49.3 Å². The molecule has 0 heterocycles. The van der Waals surface area contributed by atoms with E-state index in [2.05, 4.69) is 26.0 Å². The van der Waals surface area contributed by atoms with E-state index in [0.717, 1.165) is 37.7 Å². The Morgan fingerprint density at radius 2 is 1.42 bits per heavy atom. The van der Waals surface area contributed by atoms with Gasteiger partial charge in [-0.1, -0.05) is 71.4 Å². The van der Waals surface area contributed by atoms with E-state index in [9.17, 15) is 8.42 Å². The van der Waals surface area contributed by atoms with Crippen LogP contribution in [0.15, 0.2) is 23.1 Å². The van der Waals surface area contributed by atoms with E-state index in [1.807, 2.05) is 13.0 Å². The monoisotopic (exact) mass is 352 g/mol. The second kappa shape index (κ2) is 11.7. The van der Waals surface area contributed by atoms with Crippen molar-refractivity contribution in [2.45, 2.75) is 96.3 Å². The number of rotatable bonds is 13. The molecule has 0 aliphatic carbocycles. The lowest BCUT2D eigenvalue weighted by Gasteiger charge is -2.12. The highest BCUT2D eigenvalue weighted by Crippen LogP contribution is 2.23. The second-order valence-corrected chi connectivity index (χ2v) is 8.96. The molecule has 1 aromatic rings. The number of hydrogen-bond acceptors (Lipinski definition) is 2. The Labute approximate surface area is 150 Å². The molecule has 0 saturated carbocycles. The molecule has 0 amide bonds. The molecule has 3 heteroatoms. The molecule has 0 fully saturated rings. The third-order valence-corrected chi connectivity index (χ3v) is 6.55. The Kier molecular flexibility index (Phi) is 10.3. The van der Waals surface area contributed by atoms with E-state index in [1.54, 1.807) is 0 Å². The maximum Gasteiger partial charge on any atom is 0.178 e. The Morgan fingerprint density at radius 1 is 0.750 bits per heavy atom. The van der Waals surface area contributed by atoms with Gasteiger partial charge in [0.05, 0.1) is 10.6 Å². The summed E-state index contributed by atoms with van der Waals surface area (Å²) in [6.07, 6.45) is 12.3. The highest BCUT2D eigenvalue weighted by molar-refractivity contribution is 7.91. The highest BCUT2D eigenvalue weighted by Gasteiger charge is 2.18. The zero-order chi connectivity index (χ0) is 17.8. The van der Waals surface area contributed by atoms with E-state index in [0.29, 0.717) is 11.3 Å². The molecule has 0 radical (unpaired) electrons. The van der Waals surface area contributed by atoms with Crippen LogP contribution >= 0.6 is 0 Å². The van der Waals surface area contributed by atoms with Crippen molar-refractivity contribution in [2.75, 3.05) is 5.75 Å². The Hall–Kier alpha value is -0.830. The minimum atomic E-state index is -3.14. The van der Waals surface area contributed by atoms with E-state index < -0.39 is 9.84 Å². The Bertz CT molecular complexity index is 561. The second-order valence-electron chi connectivity index (χ2n) is 6.88. The summed E-state index contributed by atoms with van der Waals surface area (Å²) in [7, 11) is -3.14. The zero-order valence-electron chi connectivity index (χ0n) is 15.9. The topological polar surface area (TPSA) is 34.1 Å². The first-order chi connectivity index (χ1) is 11.5. The first-order valence-corrected chi connectivity index (χ1v) is 11.5. The van der Waals surface area contributed by atoms with Crippen molar-refractivity contribution in [1.29, 1.82) is 0 Å². The van der Waals surface area contributed by atoms with Gasteiger partial charge in [-0.15, -0.1) is 0 Å². The van der Waals surface area contributed by atoms with Crippen LogP contribution in [0.4, 0.5) is 0 Å². The van der Waals surface area contributed by atoms with Crippen molar-refractivity contribution in [1.82, 2.24) is 0 Å². The van der Waals surface area contributed by atoms with E-state index in [1.165, 1.54) is 37.7 Å². The summed E-state index contributed by atoms with van der Waals surface area (Å²) in [5.41, 5.74) is 2.19. The molecule has 0 aliphatic rings. The van der Waals surface area contributed by atoms with Crippen LogP contribution in [0.3, 0.4) is 0 Å². The molecular formula is C21H36O2S. The van der Waals surface area contributed by atoms with Gasteiger partial charge in [0.25, 0.3) is 0 Å². The van der Waals surface area contributed by atoms with Crippen molar-refractivity contribution in [3.8, 4) is 0 Å². The van der Waals surface area contributed by atoms with Crippen LogP contribution in [0.2, 0.25) is 0 Å². The lowest BCUT2D eigenvalue weighted by molar-refractivity contribution is 0.592. The van der Waals surface area contributed by atoms with Crippen molar-refractivity contribution in [2.24, 2.45) is 0 Å². The standard InChI is InChI=1S/C21H36O2S/c1-4-7-9-10-11-12-13-19-15-16-20(14-8-5-2)21(18-19)24(22,23)17-6-3/h15-16,18H,4-14,17H2,1-3H3. The van der Waals surface area contributed by atoms with Gasteiger partial charge in [0.2, 0.25) is 0 Å². The Morgan fingerprint density at radius 3 is 2.08 bits per heavy atom. The van der Waals surface area contributed by atoms with Gasteiger partial charge in [-0.2, -0.15) is 0 Å². The molecule has 0 atom stereocenters. The predicted octanol–water partition coefficient (Wildman–Crippen LogP) is 6.12. The van der Waals surface area contributed by atoms with Crippen LogP contribution in [0, 0.1) is 0 Å².